The van der Waals surface area contributed by atoms with Gasteiger partial charge in [-0.05, 0) is 19.0 Å². The Kier molecular flexibility index (Phi) is 2.23. The van der Waals surface area contributed by atoms with E-state index in [2.05, 4.69) is 21.7 Å². The van der Waals surface area contributed by atoms with Gasteiger partial charge >= 0.3 is 0 Å². The highest BCUT2D eigenvalue weighted by molar-refractivity contribution is 5.99. The lowest BCUT2D eigenvalue weighted by Gasteiger charge is -2.17. The minimum Gasteiger partial charge on any atom is -0.347 e. The fraction of sp³-hybridized carbons (Fsp3) is 0.444. The van der Waals surface area contributed by atoms with E-state index in [0.717, 1.165) is 31.9 Å². The highest BCUT2D eigenvalue weighted by atomic mass is 15.0. The van der Waals surface area contributed by atoms with Gasteiger partial charge < -0.3 is 10.6 Å². The molecule has 3 nitrogen and oxygen atoms in total. The van der Waals surface area contributed by atoms with Gasteiger partial charge in [0.05, 0.1) is 6.54 Å². The summed E-state index contributed by atoms with van der Waals surface area (Å²) in [7, 11) is 0. The lowest BCUT2D eigenvalue weighted by atomic mass is 10.1. The second-order valence-corrected chi connectivity index (χ2v) is 2.93. The zero-order valence-electron chi connectivity index (χ0n) is 7.01. The van der Waals surface area contributed by atoms with Crippen LogP contribution in [0.4, 0.5) is 0 Å². The third-order valence-corrected chi connectivity index (χ3v) is 2.02. The van der Waals surface area contributed by atoms with Gasteiger partial charge in [0.15, 0.2) is 0 Å². The van der Waals surface area contributed by atoms with E-state index in [9.17, 15) is 0 Å². The smallest absolute Gasteiger partial charge is 0.129 e. The lowest BCUT2D eigenvalue weighted by Crippen LogP contribution is -2.32. The van der Waals surface area contributed by atoms with Gasteiger partial charge in [0.1, 0.15) is 5.84 Å². The van der Waals surface area contributed by atoms with Crippen molar-refractivity contribution in [3.63, 3.8) is 0 Å². The maximum Gasteiger partial charge on any atom is 0.129 e. The van der Waals surface area contributed by atoms with Crippen LogP contribution >= 0.6 is 0 Å². The largest absolute Gasteiger partial charge is 0.347 e. The molecule has 0 atom stereocenters. The van der Waals surface area contributed by atoms with Crippen LogP contribution in [0.1, 0.15) is 6.42 Å². The zero-order chi connectivity index (χ0) is 8.23. The molecule has 0 saturated heterocycles. The molecule has 0 spiro atoms. The number of nitrogens with zero attached hydrogens (tertiary/aromatic N) is 1. The van der Waals surface area contributed by atoms with Crippen molar-refractivity contribution in [3.05, 3.63) is 23.9 Å². The normalized spacial score (nSPS) is 22.7. The van der Waals surface area contributed by atoms with Crippen LogP contribution < -0.4 is 10.6 Å². The maximum absolute atomic E-state index is 4.36. The van der Waals surface area contributed by atoms with E-state index in [-0.39, 0.29) is 0 Å². The standard InChI is InChI=1S/C9H13N3/c1-3-8(7-10-4-1)9-11-5-2-6-12-9/h2-3,5,10H,1,4,6-7H2,(H,11,12). The van der Waals surface area contributed by atoms with Gasteiger partial charge in [-0.3, -0.25) is 4.99 Å². The molecule has 0 radical (unpaired) electrons. The summed E-state index contributed by atoms with van der Waals surface area (Å²) >= 11 is 0. The molecule has 0 saturated carbocycles. The topological polar surface area (TPSA) is 36.4 Å². The number of hydrogen-bond acceptors (Lipinski definition) is 3. The molecule has 3 heteroatoms. The fourth-order valence-electron chi connectivity index (χ4n) is 1.40. The van der Waals surface area contributed by atoms with Crippen molar-refractivity contribution < 1.29 is 0 Å². The average molecular weight is 163 g/mol. The molecule has 12 heavy (non-hydrogen) atoms. The van der Waals surface area contributed by atoms with Gasteiger partial charge in [0, 0.05) is 18.3 Å². The Bertz CT molecular complexity index is 244. The summed E-state index contributed by atoms with van der Waals surface area (Å²) in [6, 6.07) is 0. The third kappa shape index (κ3) is 1.56. The Morgan fingerprint density at radius 2 is 2.42 bits per heavy atom. The minimum atomic E-state index is 0.805. The molecular weight excluding hydrogens is 150 g/mol. The van der Waals surface area contributed by atoms with Crippen molar-refractivity contribution in [1.29, 1.82) is 0 Å². The molecule has 0 aromatic heterocycles. The van der Waals surface area contributed by atoms with Gasteiger partial charge in [-0.2, -0.15) is 0 Å². The number of aliphatic imine (C=N–C) groups is 1. The predicted octanol–water partition coefficient (Wildman–Crippen LogP) is 0.422. The molecule has 0 bridgehead atoms. The molecule has 0 amide bonds. The Balaban J connectivity index is 2.07. The average Bonchev–Trinajstić information content (AvgIpc) is 2.21. The molecule has 2 N–H and O–H groups in total. The first-order valence-electron chi connectivity index (χ1n) is 4.33. The van der Waals surface area contributed by atoms with Crippen molar-refractivity contribution in [2.75, 3.05) is 19.6 Å². The lowest BCUT2D eigenvalue weighted by molar-refractivity contribution is 0.714. The quantitative estimate of drug-likeness (QED) is 0.588. The minimum absolute atomic E-state index is 0.805. The van der Waals surface area contributed by atoms with Crippen LogP contribution in [-0.4, -0.2) is 25.5 Å². The van der Waals surface area contributed by atoms with Gasteiger partial charge in [-0.25, -0.2) is 0 Å². The molecule has 0 unspecified atom stereocenters. The van der Waals surface area contributed by atoms with Gasteiger partial charge in [-0.1, -0.05) is 6.08 Å². The van der Waals surface area contributed by atoms with Crippen LogP contribution in [0.25, 0.3) is 0 Å². The summed E-state index contributed by atoms with van der Waals surface area (Å²) in [5, 5.41) is 6.47. The van der Waals surface area contributed by atoms with Gasteiger partial charge in [0.2, 0.25) is 0 Å². The summed E-state index contributed by atoms with van der Waals surface area (Å²) in [4.78, 5) is 4.36. The Hall–Kier alpha value is -1.09. The molecule has 0 fully saturated rings. The summed E-state index contributed by atoms with van der Waals surface area (Å²) < 4.78 is 0. The highest BCUT2D eigenvalue weighted by Gasteiger charge is 2.09. The first-order chi connectivity index (χ1) is 5.97. The molecule has 2 heterocycles. The van der Waals surface area contributed by atoms with E-state index in [0.29, 0.717) is 0 Å². The van der Waals surface area contributed by atoms with Gasteiger partial charge in [-0.15, -0.1) is 0 Å². The summed E-state index contributed by atoms with van der Waals surface area (Å²) in [6.07, 6.45) is 7.33. The number of rotatable bonds is 1. The molecular formula is C9H13N3. The predicted molar refractivity (Wildman–Crippen MR) is 50.1 cm³/mol. The van der Waals surface area contributed by atoms with Crippen LogP contribution in [0.5, 0.6) is 0 Å². The molecule has 2 rings (SSSR count). The number of amidine groups is 1. The highest BCUT2D eigenvalue weighted by Crippen LogP contribution is 2.04. The van der Waals surface area contributed by atoms with Crippen molar-refractivity contribution in [1.82, 2.24) is 10.6 Å². The number of nitrogens with one attached hydrogen (secondary N) is 2. The van der Waals surface area contributed by atoms with Gasteiger partial charge in [0.25, 0.3) is 0 Å². The first kappa shape index (κ1) is 7.55. The maximum atomic E-state index is 4.36. The van der Waals surface area contributed by atoms with E-state index >= 15 is 0 Å². The van der Waals surface area contributed by atoms with Crippen molar-refractivity contribution >= 4 is 5.84 Å². The van der Waals surface area contributed by atoms with Crippen LogP contribution in [0.2, 0.25) is 0 Å². The van der Waals surface area contributed by atoms with Crippen LogP contribution in [0.3, 0.4) is 0 Å². The van der Waals surface area contributed by atoms with Crippen molar-refractivity contribution in [2.45, 2.75) is 6.42 Å². The van der Waals surface area contributed by atoms with E-state index in [1.165, 1.54) is 5.57 Å². The molecule has 0 aromatic carbocycles. The molecule has 2 aliphatic heterocycles. The third-order valence-electron chi connectivity index (χ3n) is 2.02. The summed E-state index contributed by atoms with van der Waals surface area (Å²) in [5.41, 5.74) is 1.30. The summed E-state index contributed by atoms with van der Waals surface area (Å²) in [6.45, 7) is 2.84. The van der Waals surface area contributed by atoms with E-state index < -0.39 is 0 Å². The molecule has 2 aliphatic rings. The first-order valence-corrected chi connectivity index (χ1v) is 4.33. The fourth-order valence-corrected chi connectivity index (χ4v) is 1.40. The van der Waals surface area contributed by atoms with Crippen molar-refractivity contribution in [2.24, 2.45) is 4.99 Å². The Morgan fingerprint density at radius 1 is 1.42 bits per heavy atom. The van der Waals surface area contributed by atoms with E-state index in [4.69, 9.17) is 0 Å². The molecule has 0 aliphatic carbocycles. The Morgan fingerprint density at radius 3 is 3.08 bits per heavy atom. The summed E-state index contributed by atoms with van der Waals surface area (Å²) in [5.74, 6) is 1.03. The van der Waals surface area contributed by atoms with Crippen LogP contribution in [-0.2, 0) is 0 Å². The second kappa shape index (κ2) is 3.54. The van der Waals surface area contributed by atoms with E-state index in [1.807, 2.05) is 12.3 Å². The zero-order valence-corrected chi connectivity index (χ0v) is 7.01. The molecule has 0 aromatic rings. The van der Waals surface area contributed by atoms with Crippen molar-refractivity contribution in [3.8, 4) is 0 Å². The second-order valence-electron chi connectivity index (χ2n) is 2.93. The SMILES string of the molecule is C1=CNC(C2=CCCNC2)=NC1. The number of hydrogen-bond donors (Lipinski definition) is 2. The van der Waals surface area contributed by atoms with Crippen LogP contribution in [0, 0.1) is 0 Å². The molecule has 64 valence electrons. The van der Waals surface area contributed by atoms with Crippen LogP contribution in [0.15, 0.2) is 28.9 Å². The Labute approximate surface area is 72.3 Å². The monoisotopic (exact) mass is 163 g/mol. The van der Waals surface area contributed by atoms with E-state index in [1.54, 1.807) is 0 Å².